The molecule has 1 atom stereocenters. The first kappa shape index (κ1) is 14.3. The minimum Gasteiger partial charge on any atom is -0.496 e. The van der Waals surface area contributed by atoms with Crippen molar-refractivity contribution >= 4 is 10.0 Å². The third kappa shape index (κ3) is 3.46. The first-order valence-corrected chi connectivity index (χ1v) is 7.89. The van der Waals surface area contributed by atoms with Crippen LogP contribution in [-0.2, 0) is 10.0 Å². The lowest BCUT2D eigenvalue weighted by atomic mass is 10.2. The van der Waals surface area contributed by atoms with E-state index in [0.717, 1.165) is 24.9 Å². The summed E-state index contributed by atoms with van der Waals surface area (Å²) < 4.78 is 32.1. The van der Waals surface area contributed by atoms with E-state index in [9.17, 15) is 8.42 Å². The number of methoxy groups -OCH3 is 1. The number of nitrogens with one attached hydrogen (secondary N) is 2. The first-order chi connectivity index (χ1) is 9.03. The molecule has 0 spiro atoms. The molecule has 106 valence electrons. The molecule has 1 aromatic rings. The molecule has 0 aromatic heterocycles. The van der Waals surface area contributed by atoms with Crippen LogP contribution in [0.4, 0.5) is 0 Å². The molecule has 0 unspecified atom stereocenters. The quantitative estimate of drug-likeness (QED) is 0.847. The second-order valence-electron chi connectivity index (χ2n) is 4.78. The highest BCUT2D eigenvalue weighted by Crippen LogP contribution is 2.21. The normalized spacial score (nSPS) is 19.6. The van der Waals surface area contributed by atoms with E-state index in [4.69, 9.17) is 4.74 Å². The van der Waals surface area contributed by atoms with Gasteiger partial charge in [0.15, 0.2) is 0 Å². The molecule has 2 N–H and O–H groups in total. The minimum absolute atomic E-state index is 0.245. The van der Waals surface area contributed by atoms with Gasteiger partial charge in [-0.05, 0) is 50.1 Å². The van der Waals surface area contributed by atoms with E-state index in [1.165, 1.54) is 0 Å². The molecule has 1 heterocycles. The summed E-state index contributed by atoms with van der Waals surface area (Å²) in [5.74, 6) is 0.691. The predicted octanol–water partition coefficient (Wildman–Crippen LogP) is 1.03. The van der Waals surface area contributed by atoms with E-state index < -0.39 is 10.0 Å². The lowest BCUT2D eigenvalue weighted by Crippen LogP contribution is -2.37. The van der Waals surface area contributed by atoms with Crippen molar-refractivity contribution < 1.29 is 13.2 Å². The van der Waals surface area contributed by atoms with Crippen LogP contribution >= 0.6 is 0 Å². The van der Waals surface area contributed by atoms with Gasteiger partial charge < -0.3 is 10.1 Å². The van der Waals surface area contributed by atoms with Crippen LogP contribution in [0.5, 0.6) is 5.75 Å². The summed E-state index contributed by atoms with van der Waals surface area (Å²) in [6, 6.07) is 5.12. The Morgan fingerprint density at radius 1 is 1.47 bits per heavy atom. The van der Waals surface area contributed by atoms with E-state index in [1.807, 2.05) is 6.92 Å². The summed E-state index contributed by atoms with van der Waals surface area (Å²) in [7, 11) is -1.87. The van der Waals surface area contributed by atoms with Gasteiger partial charge in [-0.1, -0.05) is 0 Å². The van der Waals surface area contributed by atoms with Crippen molar-refractivity contribution in [1.29, 1.82) is 0 Å². The molecule has 2 rings (SSSR count). The van der Waals surface area contributed by atoms with Gasteiger partial charge in [-0.15, -0.1) is 0 Å². The van der Waals surface area contributed by atoms with E-state index in [-0.39, 0.29) is 10.9 Å². The Labute approximate surface area is 114 Å². The van der Waals surface area contributed by atoms with Crippen LogP contribution in [0.2, 0.25) is 0 Å². The van der Waals surface area contributed by atoms with Gasteiger partial charge >= 0.3 is 0 Å². The van der Waals surface area contributed by atoms with Gasteiger partial charge in [0.1, 0.15) is 5.75 Å². The van der Waals surface area contributed by atoms with Crippen molar-refractivity contribution in [2.24, 2.45) is 0 Å². The zero-order chi connectivity index (χ0) is 13.9. The molecular weight excluding hydrogens is 264 g/mol. The minimum atomic E-state index is -3.44. The summed E-state index contributed by atoms with van der Waals surface area (Å²) in [5, 5.41) is 3.26. The van der Waals surface area contributed by atoms with Gasteiger partial charge in [-0.3, -0.25) is 0 Å². The van der Waals surface area contributed by atoms with Crippen LogP contribution in [0.3, 0.4) is 0 Å². The maximum absolute atomic E-state index is 12.2. The van der Waals surface area contributed by atoms with Gasteiger partial charge in [0.2, 0.25) is 10.0 Å². The highest BCUT2D eigenvalue weighted by Gasteiger charge is 2.19. The Morgan fingerprint density at radius 2 is 2.26 bits per heavy atom. The molecule has 1 aliphatic heterocycles. The summed E-state index contributed by atoms with van der Waals surface area (Å²) in [5.41, 5.74) is 0.810. The second-order valence-corrected chi connectivity index (χ2v) is 6.54. The standard InChI is InChI=1S/C13H20N2O3S/c1-10-8-12(5-6-13(10)18-2)19(16,17)15-9-11-4-3-7-14-11/h5-6,8,11,14-15H,3-4,7,9H2,1-2H3/t11-/m0/s1. The van der Waals surface area contributed by atoms with Crippen molar-refractivity contribution in [1.82, 2.24) is 10.0 Å². The number of hydrogen-bond donors (Lipinski definition) is 2. The Morgan fingerprint density at radius 3 is 2.84 bits per heavy atom. The average molecular weight is 284 g/mol. The topological polar surface area (TPSA) is 67.4 Å². The fourth-order valence-electron chi connectivity index (χ4n) is 2.24. The number of benzene rings is 1. The summed E-state index contributed by atoms with van der Waals surface area (Å²) in [6.07, 6.45) is 2.12. The number of ether oxygens (including phenoxy) is 1. The van der Waals surface area contributed by atoms with Gasteiger partial charge in [0.05, 0.1) is 12.0 Å². The molecular formula is C13H20N2O3S. The van der Waals surface area contributed by atoms with Crippen LogP contribution in [-0.4, -0.2) is 34.7 Å². The van der Waals surface area contributed by atoms with Crippen molar-refractivity contribution in [3.8, 4) is 5.75 Å². The number of aryl methyl sites for hydroxylation is 1. The molecule has 0 aliphatic carbocycles. The lowest BCUT2D eigenvalue weighted by molar-refractivity contribution is 0.411. The maximum Gasteiger partial charge on any atom is 0.240 e. The Hall–Kier alpha value is -1.11. The van der Waals surface area contributed by atoms with Crippen molar-refractivity contribution in [2.45, 2.75) is 30.7 Å². The molecule has 0 saturated carbocycles. The van der Waals surface area contributed by atoms with Gasteiger partial charge in [0, 0.05) is 12.6 Å². The second kappa shape index (κ2) is 5.90. The van der Waals surface area contributed by atoms with Crippen LogP contribution in [0.25, 0.3) is 0 Å². The lowest BCUT2D eigenvalue weighted by Gasteiger charge is -2.13. The predicted molar refractivity (Wildman–Crippen MR) is 73.9 cm³/mol. The van der Waals surface area contributed by atoms with Gasteiger partial charge in [0.25, 0.3) is 0 Å². The van der Waals surface area contributed by atoms with Crippen LogP contribution < -0.4 is 14.8 Å². The molecule has 1 saturated heterocycles. The highest BCUT2D eigenvalue weighted by atomic mass is 32.2. The van der Waals surface area contributed by atoms with Gasteiger partial charge in [-0.25, -0.2) is 13.1 Å². The van der Waals surface area contributed by atoms with Crippen molar-refractivity contribution in [3.63, 3.8) is 0 Å². The first-order valence-electron chi connectivity index (χ1n) is 6.40. The van der Waals surface area contributed by atoms with Crippen molar-refractivity contribution in [2.75, 3.05) is 20.2 Å². The number of hydrogen-bond acceptors (Lipinski definition) is 4. The fourth-order valence-corrected chi connectivity index (χ4v) is 3.41. The zero-order valence-corrected chi connectivity index (χ0v) is 12.1. The van der Waals surface area contributed by atoms with E-state index in [2.05, 4.69) is 10.0 Å². The van der Waals surface area contributed by atoms with Crippen LogP contribution in [0, 0.1) is 6.92 Å². The van der Waals surface area contributed by atoms with Crippen LogP contribution in [0.15, 0.2) is 23.1 Å². The Kier molecular flexibility index (Phi) is 4.44. The molecule has 0 amide bonds. The summed E-state index contributed by atoms with van der Waals surface area (Å²) in [6.45, 7) is 3.23. The van der Waals surface area contributed by atoms with Crippen LogP contribution in [0.1, 0.15) is 18.4 Å². The molecule has 1 aromatic carbocycles. The smallest absolute Gasteiger partial charge is 0.240 e. The monoisotopic (exact) mass is 284 g/mol. The Bertz CT molecular complexity index is 537. The third-order valence-corrected chi connectivity index (χ3v) is 4.78. The molecule has 1 fully saturated rings. The largest absolute Gasteiger partial charge is 0.496 e. The van der Waals surface area contributed by atoms with E-state index in [0.29, 0.717) is 12.3 Å². The fraction of sp³-hybridized carbons (Fsp3) is 0.538. The Balaban J connectivity index is 2.08. The summed E-state index contributed by atoms with van der Waals surface area (Å²) in [4.78, 5) is 0.281. The highest BCUT2D eigenvalue weighted by molar-refractivity contribution is 7.89. The molecule has 0 bridgehead atoms. The van der Waals surface area contributed by atoms with Gasteiger partial charge in [-0.2, -0.15) is 0 Å². The number of sulfonamides is 1. The van der Waals surface area contributed by atoms with Crippen molar-refractivity contribution in [3.05, 3.63) is 23.8 Å². The summed E-state index contributed by atoms with van der Waals surface area (Å²) >= 11 is 0. The van der Waals surface area contributed by atoms with E-state index >= 15 is 0 Å². The molecule has 1 aliphatic rings. The molecule has 6 heteroatoms. The van der Waals surface area contributed by atoms with E-state index in [1.54, 1.807) is 25.3 Å². The SMILES string of the molecule is COc1ccc(S(=O)(=O)NC[C@@H]2CCCN2)cc1C. The molecule has 19 heavy (non-hydrogen) atoms. The third-order valence-electron chi connectivity index (χ3n) is 3.36. The number of rotatable bonds is 5. The average Bonchev–Trinajstić information content (AvgIpc) is 2.89. The molecule has 5 nitrogen and oxygen atoms in total. The molecule has 0 radical (unpaired) electrons. The maximum atomic E-state index is 12.2. The zero-order valence-electron chi connectivity index (χ0n) is 11.3.